The van der Waals surface area contributed by atoms with Crippen molar-refractivity contribution in [2.75, 3.05) is 5.73 Å². The zero-order valence-corrected chi connectivity index (χ0v) is 16.6. The van der Waals surface area contributed by atoms with Crippen LogP contribution in [-0.2, 0) is 22.4 Å². The number of nitrogens with zero attached hydrogens (tertiary/aromatic N) is 2. The number of carboxylic acid groups (broad SMARTS) is 2. The van der Waals surface area contributed by atoms with Crippen LogP contribution >= 0.6 is 11.3 Å². The van der Waals surface area contributed by atoms with E-state index in [0.29, 0.717) is 5.56 Å². The van der Waals surface area contributed by atoms with Crippen LogP contribution in [0.4, 0.5) is 5.13 Å². The summed E-state index contributed by atoms with van der Waals surface area (Å²) in [5.41, 5.74) is 5.56. The van der Waals surface area contributed by atoms with E-state index in [1.807, 2.05) is 0 Å². The van der Waals surface area contributed by atoms with E-state index in [1.54, 1.807) is 6.07 Å². The molecular formula is C17H17BN4O8S. The fraction of sp³-hybridized carbons (Fsp3) is 0.235. The molecule has 0 bridgehead atoms. The molecule has 0 saturated heterocycles. The largest absolute Gasteiger partial charge is 0.547 e. The third-order valence-electron chi connectivity index (χ3n) is 4.57. The first-order chi connectivity index (χ1) is 14.7. The highest BCUT2D eigenvalue weighted by atomic mass is 32.1. The van der Waals surface area contributed by atoms with Crippen LogP contribution in [0.1, 0.15) is 33.6 Å². The predicted octanol–water partition coefficient (Wildman–Crippen LogP) is -0.241. The number of fused-ring (bicyclic) bond motifs is 1. The highest BCUT2D eigenvalue weighted by Crippen LogP contribution is 2.33. The number of rotatable bonds is 7. The number of aromatic nitrogens is 1. The van der Waals surface area contributed by atoms with Crippen molar-refractivity contribution < 1.29 is 39.5 Å². The van der Waals surface area contributed by atoms with E-state index in [9.17, 15) is 29.7 Å². The van der Waals surface area contributed by atoms with Gasteiger partial charge >= 0.3 is 19.1 Å². The zero-order valence-electron chi connectivity index (χ0n) is 15.8. The number of nitrogens with two attached hydrogens (primary N) is 1. The number of hydrogen-bond acceptors (Lipinski definition) is 10. The van der Waals surface area contributed by atoms with Gasteiger partial charge in [-0.05, 0) is 24.0 Å². The number of oxime groups is 1. The molecule has 7 N–H and O–H groups in total. The number of nitrogens with one attached hydrogen (secondary N) is 1. The van der Waals surface area contributed by atoms with Gasteiger partial charge in [-0.3, -0.25) is 9.59 Å². The lowest BCUT2D eigenvalue weighted by molar-refractivity contribution is -0.137. The molecule has 14 heteroatoms. The van der Waals surface area contributed by atoms with E-state index in [2.05, 4.69) is 15.5 Å². The highest BCUT2D eigenvalue weighted by Gasteiger charge is 2.39. The molecule has 1 aliphatic heterocycles. The number of benzene rings is 1. The molecule has 0 aliphatic carbocycles. The SMILES string of the molecule is Nc1nc(C(=NO)C(=O)NC2Cc3ccc(CCC(=O)O)c(C(=O)O)c3OB2O)cs1. The van der Waals surface area contributed by atoms with Crippen LogP contribution in [0.5, 0.6) is 5.75 Å². The number of nitrogen functional groups attached to an aromatic ring is 1. The van der Waals surface area contributed by atoms with Crippen molar-refractivity contribution >= 4 is 47.1 Å². The molecular weight excluding hydrogens is 431 g/mol. The van der Waals surface area contributed by atoms with Crippen molar-refractivity contribution in [1.82, 2.24) is 10.3 Å². The van der Waals surface area contributed by atoms with Crippen LogP contribution in [0.2, 0.25) is 0 Å². The molecule has 1 aromatic carbocycles. The molecule has 0 radical (unpaired) electrons. The first-order valence-corrected chi connectivity index (χ1v) is 9.78. The quantitative estimate of drug-likeness (QED) is 0.142. The summed E-state index contributed by atoms with van der Waals surface area (Å²) >= 11 is 1.04. The van der Waals surface area contributed by atoms with Crippen molar-refractivity contribution in [3.05, 3.63) is 39.9 Å². The van der Waals surface area contributed by atoms with E-state index in [0.717, 1.165) is 11.3 Å². The number of thiazole rings is 1. The lowest BCUT2D eigenvalue weighted by atomic mass is 9.72. The van der Waals surface area contributed by atoms with Crippen molar-refractivity contribution in [1.29, 1.82) is 0 Å². The molecule has 12 nitrogen and oxygen atoms in total. The Labute approximate surface area is 179 Å². The summed E-state index contributed by atoms with van der Waals surface area (Å²) in [6.07, 6.45) is -0.290. The Balaban J connectivity index is 1.83. The number of carbonyl (C=O) groups is 3. The Kier molecular flexibility index (Phi) is 6.41. The Hall–Kier alpha value is -3.65. The number of aromatic carboxylic acids is 1. The molecule has 1 atom stereocenters. The number of carboxylic acids is 2. The fourth-order valence-electron chi connectivity index (χ4n) is 3.16. The maximum absolute atomic E-state index is 12.5. The number of anilines is 1. The van der Waals surface area contributed by atoms with Crippen LogP contribution < -0.4 is 15.7 Å². The van der Waals surface area contributed by atoms with Crippen LogP contribution in [0.25, 0.3) is 0 Å². The molecule has 0 spiro atoms. The summed E-state index contributed by atoms with van der Waals surface area (Å²) in [5, 5.41) is 45.0. The van der Waals surface area contributed by atoms with Gasteiger partial charge < -0.3 is 36.1 Å². The van der Waals surface area contributed by atoms with E-state index in [1.165, 1.54) is 11.4 Å². The van der Waals surface area contributed by atoms with Gasteiger partial charge in [0.2, 0.25) is 0 Å². The maximum atomic E-state index is 12.5. The Bertz CT molecular complexity index is 1070. The molecule has 2 aromatic rings. The van der Waals surface area contributed by atoms with Crippen LogP contribution in [0.3, 0.4) is 0 Å². The summed E-state index contributed by atoms with van der Waals surface area (Å²) in [6, 6.07) is 3.02. The van der Waals surface area contributed by atoms with Gasteiger partial charge in [-0.25, -0.2) is 9.78 Å². The van der Waals surface area contributed by atoms with Gasteiger partial charge in [-0.1, -0.05) is 17.3 Å². The van der Waals surface area contributed by atoms with Gasteiger partial charge in [0.25, 0.3) is 5.91 Å². The molecule has 0 saturated carbocycles. The third-order valence-corrected chi connectivity index (χ3v) is 5.24. The summed E-state index contributed by atoms with van der Waals surface area (Å²) in [4.78, 5) is 38.9. The van der Waals surface area contributed by atoms with E-state index in [-0.39, 0.29) is 47.0 Å². The molecule has 31 heavy (non-hydrogen) atoms. The lowest BCUT2D eigenvalue weighted by Crippen LogP contribution is -2.54. The number of carbonyl (C=O) groups excluding carboxylic acids is 1. The fourth-order valence-corrected chi connectivity index (χ4v) is 3.70. The molecule has 3 rings (SSSR count). The average Bonchev–Trinajstić information content (AvgIpc) is 3.12. The first kappa shape index (κ1) is 22.0. The Morgan fingerprint density at radius 1 is 1.35 bits per heavy atom. The van der Waals surface area contributed by atoms with E-state index in [4.69, 9.17) is 15.5 Å². The number of hydrogen-bond donors (Lipinski definition) is 6. The normalized spacial score (nSPS) is 15.7. The van der Waals surface area contributed by atoms with E-state index < -0.39 is 36.6 Å². The number of aryl methyl sites for hydroxylation is 1. The second kappa shape index (κ2) is 9.01. The molecule has 0 fully saturated rings. The summed E-state index contributed by atoms with van der Waals surface area (Å²) in [6.45, 7) is 0. The summed E-state index contributed by atoms with van der Waals surface area (Å²) in [7, 11) is -1.61. The average molecular weight is 448 g/mol. The van der Waals surface area contributed by atoms with Crippen molar-refractivity contribution in [3.8, 4) is 5.75 Å². The topological polar surface area (TPSA) is 205 Å². The number of aliphatic carboxylic acids is 1. The smallest absolute Gasteiger partial charge is 0.534 e. The second-order valence-corrected chi connectivity index (χ2v) is 7.49. The van der Waals surface area contributed by atoms with Crippen LogP contribution in [0, 0.1) is 0 Å². The lowest BCUT2D eigenvalue weighted by Gasteiger charge is -2.29. The molecule has 1 aromatic heterocycles. The van der Waals surface area contributed by atoms with E-state index >= 15 is 0 Å². The molecule has 2 heterocycles. The Morgan fingerprint density at radius 2 is 2.10 bits per heavy atom. The zero-order chi connectivity index (χ0) is 22.7. The number of amides is 1. The predicted molar refractivity (Wildman–Crippen MR) is 108 cm³/mol. The molecule has 1 amide bonds. The van der Waals surface area contributed by atoms with Crippen molar-refractivity contribution in [2.24, 2.45) is 5.16 Å². The van der Waals surface area contributed by atoms with Gasteiger partial charge in [0, 0.05) is 11.8 Å². The van der Waals surface area contributed by atoms with Gasteiger partial charge in [0.1, 0.15) is 17.0 Å². The van der Waals surface area contributed by atoms with Gasteiger partial charge in [0.15, 0.2) is 10.8 Å². The van der Waals surface area contributed by atoms with Crippen LogP contribution in [0.15, 0.2) is 22.7 Å². The monoisotopic (exact) mass is 448 g/mol. The van der Waals surface area contributed by atoms with Gasteiger partial charge in [0.05, 0.1) is 5.94 Å². The Morgan fingerprint density at radius 3 is 2.68 bits per heavy atom. The summed E-state index contributed by atoms with van der Waals surface area (Å²) < 4.78 is 5.39. The van der Waals surface area contributed by atoms with Crippen molar-refractivity contribution in [2.45, 2.75) is 25.2 Å². The van der Waals surface area contributed by atoms with Gasteiger partial charge in [-0.2, -0.15) is 0 Å². The third kappa shape index (κ3) is 4.75. The minimum atomic E-state index is -1.61. The molecule has 162 valence electrons. The maximum Gasteiger partial charge on any atom is 0.547 e. The highest BCUT2D eigenvalue weighted by molar-refractivity contribution is 7.13. The van der Waals surface area contributed by atoms with Crippen LogP contribution in [-0.4, -0.2) is 62.0 Å². The minimum Gasteiger partial charge on any atom is -0.534 e. The standard InChI is InChI=1S/C17H17BN4O8S/c19-17-20-9(6-31-17)13(22-29)15(25)21-10-5-8-2-1-7(3-4-11(23)24)12(16(26)27)14(8)30-18(10)28/h1-2,6,10,28-29H,3-5H2,(H2,19,20)(H,21,25)(H,23,24)(H,26,27). The summed E-state index contributed by atoms with van der Waals surface area (Å²) in [5.74, 6) is -4.33. The molecule has 1 unspecified atom stereocenters. The minimum absolute atomic E-state index is 0.0135. The van der Waals surface area contributed by atoms with Crippen molar-refractivity contribution in [3.63, 3.8) is 0 Å². The second-order valence-electron chi connectivity index (χ2n) is 6.60. The molecule has 1 aliphatic rings. The van der Waals surface area contributed by atoms with Gasteiger partial charge in [-0.15, -0.1) is 11.3 Å². The first-order valence-electron chi connectivity index (χ1n) is 8.90.